The van der Waals surface area contributed by atoms with E-state index < -0.39 is 0 Å². The van der Waals surface area contributed by atoms with Crippen LogP contribution in [-0.2, 0) is 9.53 Å². The molecule has 1 aliphatic rings. The van der Waals surface area contributed by atoms with Crippen molar-refractivity contribution in [1.29, 1.82) is 0 Å². The van der Waals surface area contributed by atoms with E-state index in [1.54, 1.807) is 6.92 Å². The first kappa shape index (κ1) is 18.0. The average molecular weight is 319 g/mol. The van der Waals surface area contributed by atoms with Crippen LogP contribution in [0.4, 0.5) is 0 Å². The molecule has 1 aliphatic heterocycles. The highest BCUT2D eigenvalue weighted by Crippen LogP contribution is 2.24. The van der Waals surface area contributed by atoms with Crippen molar-refractivity contribution < 1.29 is 14.6 Å². The minimum atomic E-state index is -0.384. The van der Waals surface area contributed by atoms with Gasteiger partial charge < -0.3 is 15.2 Å². The molecule has 2 N–H and O–H groups in total. The van der Waals surface area contributed by atoms with Crippen LogP contribution >= 0.6 is 0 Å². The topological polar surface area (TPSA) is 58.6 Å². The Morgan fingerprint density at radius 1 is 1.26 bits per heavy atom. The highest BCUT2D eigenvalue weighted by molar-refractivity contribution is 5.78. The van der Waals surface area contributed by atoms with Crippen LogP contribution in [0.1, 0.15) is 44.6 Å². The molecule has 1 saturated heterocycles. The van der Waals surface area contributed by atoms with Crippen molar-refractivity contribution in [3.05, 3.63) is 35.9 Å². The summed E-state index contributed by atoms with van der Waals surface area (Å²) in [6.45, 7) is 5.90. The van der Waals surface area contributed by atoms with Gasteiger partial charge in [0.15, 0.2) is 0 Å². The molecule has 128 valence electrons. The zero-order chi connectivity index (χ0) is 16.7. The zero-order valence-electron chi connectivity index (χ0n) is 14.2. The molecule has 1 heterocycles. The summed E-state index contributed by atoms with van der Waals surface area (Å²) >= 11 is 0. The summed E-state index contributed by atoms with van der Waals surface area (Å²) in [5, 5.41) is 12.8. The first-order valence-electron chi connectivity index (χ1n) is 8.66. The smallest absolute Gasteiger partial charge is 0.223 e. The molecule has 4 nitrogen and oxygen atoms in total. The van der Waals surface area contributed by atoms with Crippen molar-refractivity contribution in [3.8, 4) is 0 Å². The summed E-state index contributed by atoms with van der Waals surface area (Å²) in [5.41, 5.74) is 1.16. The van der Waals surface area contributed by atoms with E-state index in [1.807, 2.05) is 25.1 Å². The Morgan fingerprint density at radius 3 is 2.52 bits per heavy atom. The summed E-state index contributed by atoms with van der Waals surface area (Å²) < 4.78 is 5.37. The van der Waals surface area contributed by atoms with E-state index in [4.69, 9.17) is 4.74 Å². The molecule has 3 unspecified atom stereocenters. The number of hydrogen-bond acceptors (Lipinski definition) is 3. The number of amides is 1. The third-order valence-corrected chi connectivity index (χ3v) is 4.81. The molecule has 1 aromatic rings. The van der Waals surface area contributed by atoms with Crippen LogP contribution in [0.2, 0.25) is 0 Å². The predicted octanol–water partition coefficient (Wildman–Crippen LogP) is 2.72. The van der Waals surface area contributed by atoms with E-state index in [-0.39, 0.29) is 23.8 Å². The molecular formula is C19H29NO3. The maximum Gasteiger partial charge on any atom is 0.223 e. The van der Waals surface area contributed by atoms with Gasteiger partial charge in [0.25, 0.3) is 0 Å². The number of rotatable bonds is 7. The summed E-state index contributed by atoms with van der Waals surface area (Å²) in [6, 6.07) is 10.1. The second-order valence-electron chi connectivity index (χ2n) is 6.68. The molecule has 0 saturated carbocycles. The van der Waals surface area contributed by atoms with E-state index >= 15 is 0 Å². The first-order chi connectivity index (χ1) is 11.1. The molecule has 0 aliphatic carbocycles. The minimum Gasteiger partial charge on any atom is -0.393 e. The highest BCUT2D eigenvalue weighted by atomic mass is 16.5. The standard InChI is InChI=1S/C19H29NO3/c1-14(21)12-18(17-6-4-3-5-7-17)13-20-19(22)15(2)16-8-10-23-11-9-16/h3-7,14-16,18,21H,8-13H2,1-2H3,(H,20,22). The number of benzene rings is 1. The van der Waals surface area contributed by atoms with Crippen molar-refractivity contribution >= 4 is 5.91 Å². The summed E-state index contributed by atoms with van der Waals surface area (Å²) in [5.74, 6) is 0.683. The summed E-state index contributed by atoms with van der Waals surface area (Å²) in [7, 11) is 0. The van der Waals surface area contributed by atoms with Gasteiger partial charge in [0.2, 0.25) is 5.91 Å². The molecule has 0 aromatic heterocycles. The molecule has 1 amide bonds. The molecule has 2 rings (SSSR count). The van der Waals surface area contributed by atoms with Crippen LogP contribution in [0.3, 0.4) is 0 Å². The van der Waals surface area contributed by atoms with Crippen molar-refractivity contribution in [2.45, 2.75) is 45.1 Å². The fourth-order valence-electron chi connectivity index (χ4n) is 3.29. The average Bonchev–Trinajstić information content (AvgIpc) is 2.59. The lowest BCUT2D eigenvalue weighted by atomic mass is 9.86. The normalized spacial score (nSPS) is 19.8. The van der Waals surface area contributed by atoms with E-state index in [9.17, 15) is 9.90 Å². The van der Waals surface area contributed by atoms with Gasteiger partial charge in [-0.2, -0.15) is 0 Å². The fraction of sp³-hybridized carbons (Fsp3) is 0.632. The number of carbonyl (C=O) groups excluding carboxylic acids is 1. The van der Waals surface area contributed by atoms with Gasteiger partial charge in [0, 0.05) is 31.6 Å². The molecule has 0 spiro atoms. The second-order valence-corrected chi connectivity index (χ2v) is 6.68. The van der Waals surface area contributed by atoms with Gasteiger partial charge in [-0.1, -0.05) is 37.3 Å². The van der Waals surface area contributed by atoms with Crippen molar-refractivity contribution in [2.75, 3.05) is 19.8 Å². The lowest BCUT2D eigenvalue weighted by Crippen LogP contribution is -2.38. The summed E-state index contributed by atoms with van der Waals surface area (Å²) in [6.07, 6.45) is 2.19. The zero-order valence-corrected chi connectivity index (χ0v) is 14.2. The molecule has 1 aromatic carbocycles. The quantitative estimate of drug-likeness (QED) is 0.812. The van der Waals surface area contributed by atoms with E-state index in [2.05, 4.69) is 17.4 Å². The van der Waals surface area contributed by atoms with Gasteiger partial charge in [-0.15, -0.1) is 0 Å². The van der Waals surface area contributed by atoms with Crippen LogP contribution in [0.5, 0.6) is 0 Å². The van der Waals surface area contributed by atoms with Gasteiger partial charge in [0.1, 0.15) is 0 Å². The third kappa shape index (κ3) is 5.63. The Kier molecular flexibility index (Phi) is 7.06. The number of hydrogen-bond donors (Lipinski definition) is 2. The van der Waals surface area contributed by atoms with Crippen LogP contribution in [0.15, 0.2) is 30.3 Å². The van der Waals surface area contributed by atoms with Crippen LogP contribution in [0.25, 0.3) is 0 Å². The number of aliphatic hydroxyl groups excluding tert-OH is 1. The van der Waals surface area contributed by atoms with E-state index in [1.165, 1.54) is 0 Å². The number of ether oxygens (including phenoxy) is 1. The van der Waals surface area contributed by atoms with Gasteiger partial charge >= 0.3 is 0 Å². The number of carbonyl (C=O) groups is 1. The SMILES string of the molecule is CC(O)CC(CNC(=O)C(C)C1CCOCC1)c1ccccc1. The molecule has 0 bridgehead atoms. The fourth-order valence-corrected chi connectivity index (χ4v) is 3.29. The molecular weight excluding hydrogens is 290 g/mol. The Labute approximate surface area is 139 Å². The van der Waals surface area contributed by atoms with E-state index in [0.717, 1.165) is 31.6 Å². The highest BCUT2D eigenvalue weighted by Gasteiger charge is 2.26. The number of aliphatic hydroxyl groups is 1. The van der Waals surface area contributed by atoms with Gasteiger partial charge in [0.05, 0.1) is 6.10 Å². The second kappa shape index (κ2) is 9.04. The Bertz CT molecular complexity index is 469. The third-order valence-electron chi connectivity index (χ3n) is 4.81. The minimum absolute atomic E-state index is 0.0156. The molecule has 4 heteroatoms. The van der Waals surface area contributed by atoms with Crippen LogP contribution in [0, 0.1) is 11.8 Å². The largest absolute Gasteiger partial charge is 0.393 e. The van der Waals surface area contributed by atoms with E-state index in [0.29, 0.717) is 18.9 Å². The Morgan fingerprint density at radius 2 is 1.91 bits per heavy atom. The van der Waals surface area contributed by atoms with Crippen LogP contribution < -0.4 is 5.32 Å². The molecule has 3 atom stereocenters. The maximum atomic E-state index is 12.4. The van der Waals surface area contributed by atoms with Crippen molar-refractivity contribution in [2.24, 2.45) is 11.8 Å². The Hall–Kier alpha value is -1.39. The van der Waals surface area contributed by atoms with Crippen LogP contribution in [-0.4, -0.2) is 36.9 Å². The summed E-state index contributed by atoms with van der Waals surface area (Å²) in [4.78, 5) is 12.4. The molecule has 0 radical (unpaired) electrons. The maximum absolute atomic E-state index is 12.4. The Balaban J connectivity index is 1.90. The molecule has 1 fully saturated rings. The monoisotopic (exact) mass is 319 g/mol. The van der Waals surface area contributed by atoms with Crippen molar-refractivity contribution in [3.63, 3.8) is 0 Å². The van der Waals surface area contributed by atoms with Gasteiger partial charge in [-0.3, -0.25) is 4.79 Å². The predicted molar refractivity (Wildman–Crippen MR) is 91.2 cm³/mol. The lowest BCUT2D eigenvalue weighted by molar-refractivity contribution is -0.127. The van der Waals surface area contributed by atoms with Gasteiger partial charge in [-0.25, -0.2) is 0 Å². The lowest BCUT2D eigenvalue weighted by Gasteiger charge is -2.28. The number of nitrogens with one attached hydrogen (secondary N) is 1. The van der Waals surface area contributed by atoms with Gasteiger partial charge in [-0.05, 0) is 37.7 Å². The first-order valence-corrected chi connectivity index (χ1v) is 8.66. The van der Waals surface area contributed by atoms with Crippen molar-refractivity contribution in [1.82, 2.24) is 5.32 Å². The molecule has 23 heavy (non-hydrogen) atoms.